The van der Waals surface area contributed by atoms with Crippen molar-refractivity contribution in [1.82, 2.24) is 10.3 Å². The second kappa shape index (κ2) is 9.94. The quantitative estimate of drug-likeness (QED) is 0.694. The Morgan fingerprint density at radius 1 is 1.13 bits per heavy atom. The van der Waals surface area contributed by atoms with E-state index in [9.17, 15) is 14.9 Å². The van der Waals surface area contributed by atoms with Gasteiger partial charge in [-0.15, -0.1) is 0 Å². The van der Waals surface area contributed by atoms with Crippen molar-refractivity contribution < 1.29 is 19.1 Å². The van der Waals surface area contributed by atoms with Crippen LogP contribution < -0.4 is 15.4 Å². The summed E-state index contributed by atoms with van der Waals surface area (Å²) >= 11 is 0. The van der Waals surface area contributed by atoms with E-state index >= 15 is 0 Å². The van der Waals surface area contributed by atoms with Crippen molar-refractivity contribution in [1.29, 1.82) is 5.26 Å². The summed E-state index contributed by atoms with van der Waals surface area (Å²) in [4.78, 5) is 28.3. The fourth-order valence-corrected chi connectivity index (χ4v) is 2.62. The molecule has 2 aromatic rings. The van der Waals surface area contributed by atoms with Gasteiger partial charge in [0, 0.05) is 6.07 Å². The van der Waals surface area contributed by atoms with E-state index in [1.54, 1.807) is 52.0 Å². The summed E-state index contributed by atoms with van der Waals surface area (Å²) in [6, 6.07) is 9.91. The molecule has 31 heavy (non-hydrogen) atoms. The highest BCUT2D eigenvalue weighted by atomic mass is 16.6. The van der Waals surface area contributed by atoms with E-state index in [2.05, 4.69) is 21.7 Å². The third-order valence-electron chi connectivity index (χ3n) is 4.12. The summed E-state index contributed by atoms with van der Waals surface area (Å²) < 4.78 is 10.9. The van der Waals surface area contributed by atoms with Crippen LogP contribution in [0.25, 0.3) is 0 Å². The van der Waals surface area contributed by atoms with Crippen LogP contribution in [0.3, 0.4) is 0 Å². The zero-order chi connectivity index (χ0) is 23.2. The Morgan fingerprint density at radius 2 is 1.84 bits per heavy atom. The lowest BCUT2D eigenvalue weighted by Gasteiger charge is -2.21. The monoisotopic (exact) mass is 424 g/mol. The van der Waals surface area contributed by atoms with E-state index in [4.69, 9.17) is 9.47 Å². The molecule has 1 aromatic carbocycles. The molecule has 0 bridgehead atoms. The number of benzene rings is 1. The second-order valence-electron chi connectivity index (χ2n) is 8.36. The molecule has 0 saturated carbocycles. The zero-order valence-corrected chi connectivity index (χ0v) is 18.6. The van der Waals surface area contributed by atoms with Gasteiger partial charge in [-0.1, -0.05) is 13.8 Å². The first-order chi connectivity index (χ1) is 14.5. The molecule has 0 aliphatic carbocycles. The van der Waals surface area contributed by atoms with Crippen LogP contribution in [-0.4, -0.2) is 28.6 Å². The van der Waals surface area contributed by atoms with Gasteiger partial charge in [-0.3, -0.25) is 4.79 Å². The summed E-state index contributed by atoms with van der Waals surface area (Å²) in [5.74, 6) is 0.689. The van der Waals surface area contributed by atoms with Crippen molar-refractivity contribution in [3.8, 4) is 17.7 Å². The number of nitriles is 1. The molecule has 1 heterocycles. The number of hydrogen-bond donors (Lipinski definition) is 2. The van der Waals surface area contributed by atoms with Gasteiger partial charge >= 0.3 is 6.09 Å². The summed E-state index contributed by atoms with van der Waals surface area (Å²) in [6.45, 7) is 10.8. The standard InChI is InChI=1S/C23H28N4O4/c1-14(2)19-11-18(9-7-16(19)12-24)30-20-10-8-17(13-25-20)27-21(28)15(3)26-22(29)31-23(4,5)6/h7-11,13-15H,1-6H3,(H,26,29)(H,27,28)/t15-/m1/s1. The number of ether oxygens (including phenoxy) is 2. The molecule has 1 atom stereocenters. The molecule has 0 aliphatic heterocycles. The number of hydrogen-bond acceptors (Lipinski definition) is 6. The normalized spacial score (nSPS) is 11.9. The van der Waals surface area contributed by atoms with Crippen LogP contribution in [0.2, 0.25) is 0 Å². The number of rotatable bonds is 6. The van der Waals surface area contributed by atoms with Gasteiger partial charge in [0.1, 0.15) is 17.4 Å². The van der Waals surface area contributed by atoms with Gasteiger partial charge in [-0.2, -0.15) is 5.26 Å². The Balaban J connectivity index is 1.98. The van der Waals surface area contributed by atoms with E-state index in [0.29, 0.717) is 22.9 Å². The molecule has 164 valence electrons. The van der Waals surface area contributed by atoms with E-state index in [1.165, 1.54) is 6.20 Å². The summed E-state index contributed by atoms with van der Waals surface area (Å²) in [7, 11) is 0. The zero-order valence-electron chi connectivity index (χ0n) is 18.6. The summed E-state index contributed by atoms with van der Waals surface area (Å²) in [5.41, 5.74) is 1.32. The summed E-state index contributed by atoms with van der Waals surface area (Å²) in [6.07, 6.45) is 0.792. The van der Waals surface area contributed by atoms with Crippen LogP contribution in [0.5, 0.6) is 11.6 Å². The molecule has 2 amide bonds. The third-order valence-corrected chi connectivity index (χ3v) is 4.12. The lowest BCUT2D eigenvalue weighted by Crippen LogP contribution is -2.43. The number of aromatic nitrogens is 1. The fraction of sp³-hybridized carbons (Fsp3) is 0.391. The third kappa shape index (κ3) is 7.30. The molecule has 0 radical (unpaired) electrons. The highest BCUT2D eigenvalue weighted by molar-refractivity contribution is 5.96. The van der Waals surface area contributed by atoms with E-state index in [-0.39, 0.29) is 5.92 Å². The average Bonchev–Trinajstić information content (AvgIpc) is 2.67. The molecule has 0 unspecified atom stereocenters. The predicted octanol–water partition coefficient (Wildman–Crippen LogP) is 4.72. The maximum absolute atomic E-state index is 12.3. The van der Waals surface area contributed by atoms with Crippen LogP contribution in [-0.2, 0) is 9.53 Å². The first-order valence-corrected chi connectivity index (χ1v) is 9.97. The second-order valence-corrected chi connectivity index (χ2v) is 8.36. The Morgan fingerprint density at radius 3 is 2.39 bits per heavy atom. The van der Waals surface area contributed by atoms with Crippen LogP contribution in [0.1, 0.15) is 58.6 Å². The van der Waals surface area contributed by atoms with E-state index < -0.39 is 23.6 Å². The average molecular weight is 425 g/mol. The molecule has 8 heteroatoms. The van der Waals surface area contributed by atoms with Crippen LogP contribution >= 0.6 is 0 Å². The largest absolute Gasteiger partial charge is 0.444 e. The molecule has 2 rings (SSSR count). The fourth-order valence-electron chi connectivity index (χ4n) is 2.62. The minimum Gasteiger partial charge on any atom is -0.444 e. The minimum atomic E-state index is -0.793. The van der Waals surface area contributed by atoms with Gasteiger partial charge in [0.05, 0.1) is 23.5 Å². The van der Waals surface area contributed by atoms with Crippen molar-refractivity contribution in [2.75, 3.05) is 5.32 Å². The molecule has 0 spiro atoms. The Bertz CT molecular complexity index is 973. The molecule has 2 N–H and O–H groups in total. The number of anilines is 1. The molecule has 0 aliphatic rings. The Kier molecular flexibility index (Phi) is 7.59. The van der Waals surface area contributed by atoms with Crippen LogP contribution in [0.15, 0.2) is 36.5 Å². The number of alkyl carbamates (subject to hydrolysis) is 1. The van der Waals surface area contributed by atoms with Crippen molar-refractivity contribution in [3.05, 3.63) is 47.7 Å². The maximum atomic E-state index is 12.3. The number of pyridine rings is 1. The van der Waals surface area contributed by atoms with Gasteiger partial charge in [0.25, 0.3) is 0 Å². The molecule has 0 saturated heterocycles. The first-order valence-electron chi connectivity index (χ1n) is 9.97. The lowest BCUT2D eigenvalue weighted by atomic mass is 9.98. The molecular formula is C23H28N4O4. The Hall–Kier alpha value is -3.60. The smallest absolute Gasteiger partial charge is 0.408 e. The number of nitrogens with one attached hydrogen (secondary N) is 2. The number of carbonyl (C=O) groups is 2. The molecule has 1 aromatic heterocycles. The first kappa shape index (κ1) is 23.7. The van der Waals surface area contributed by atoms with Gasteiger partial charge in [0.2, 0.25) is 11.8 Å². The van der Waals surface area contributed by atoms with Crippen molar-refractivity contribution in [2.24, 2.45) is 0 Å². The number of nitrogens with zero attached hydrogens (tertiary/aromatic N) is 2. The molecule has 8 nitrogen and oxygen atoms in total. The van der Waals surface area contributed by atoms with Crippen LogP contribution in [0.4, 0.5) is 10.5 Å². The molecular weight excluding hydrogens is 396 g/mol. The number of amides is 2. The van der Waals surface area contributed by atoms with Crippen molar-refractivity contribution in [2.45, 2.75) is 59.1 Å². The highest BCUT2D eigenvalue weighted by Gasteiger charge is 2.21. The van der Waals surface area contributed by atoms with Gasteiger partial charge in [-0.25, -0.2) is 9.78 Å². The van der Waals surface area contributed by atoms with Gasteiger partial charge < -0.3 is 20.1 Å². The molecule has 0 fully saturated rings. The van der Waals surface area contributed by atoms with Crippen LogP contribution in [0, 0.1) is 11.3 Å². The van der Waals surface area contributed by atoms with Crippen molar-refractivity contribution >= 4 is 17.7 Å². The topological polar surface area (TPSA) is 113 Å². The van der Waals surface area contributed by atoms with Crippen molar-refractivity contribution in [3.63, 3.8) is 0 Å². The maximum Gasteiger partial charge on any atom is 0.408 e. The number of carbonyl (C=O) groups excluding carboxylic acids is 2. The SMILES string of the molecule is CC(C)c1cc(Oc2ccc(NC(=O)[C@@H](C)NC(=O)OC(C)(C)C)cn2)ccc1C#N. The van der Waals surface area contributed by atoms with E-state index in [0.717, 1.165) is 5.56 Å². The predicted molar refractivity (Wildman–Crippen MR) is 117 cm³/mol. The van der Waals surface area contributed by atoms with Gasteiger partial charge in [0.15, 0.2) is 0 Å². The lowest BCUT2D eigenvalue weighted by molar-refractivity contribution is -0.117. The minimum absolute atomic E-state index is 0.181. The highest BCUT2D eigenvalue weighted by Crippen LogP contribution is 2.27. The van der Waals surface area contributed by atoms with E-state index in [1.807, 2.05) is 19.9 Å². The summed E-state index contributed by atoms with van der Waals surface area (Å²) in [5, 5.41) is 14.4. The Labute approximate surface area is 182 Å². The van der Waals surface area contributed by atoms with Gasteiger partial charge in [-0.05, 0) is 63.4 Å².